The summed E-state index contributed by atoms with van der Waals surface area (Å²) in [6.07, 6.45) is 0. The fraction of sp³-hybridized carbons (Fsp3) is 0.545. The van der Waals surface area contributed by atoms with Crippen LogP contribution in [0, 0.1) is 5.92 Å². The van der Waals surface area contributed by atoms with Gasteiger partial charge in [-0.15, -0.1) is 11.3 Å². The molecule has 5 heteroatoms. The number of hydrogen-bond acceptors (Lipinski definition) is 3. The van der Waals surface area contributed by atoms with E-state index in [0.29, 0.717) is 6.54 Å². The summed E-state index contributed by atoms with van der Waals surface area (Å²) in [5.41, 5.74) is 0. The van der Waals surface area contributed by atoms with Gasteiger partial charge >= 0.3 is 0 Å². The van der Waals surface area contributed by atoms with Crippen LogP contribution < -0.4 is 10.6 Å². The van der Waals surface area contributed by atoms with E-state index in [2.05, 4.69) is 10.6 Å². The third-order valence-corrected chi connectivity index (χ3v) is 3.55. The van der Waals surface area contributed by atoms with Crippen molar-refractivity contribution >= 4 is 28.8 Å². The highest BCUT2D eigenvalue weighted by atomic mass is 35.5. The summed E-state index contributed by atoms with van der Waals surface area (Å²) >= 11 is 7.37. The predicted octanol–water partition coefficient (Wildman–Crippen LogP) is 2.26. The van der Waals surface area contributed by atoms with Gasteiger partial charge < -0.3 is 10.6 Å². The minimum Gasteiger partial charge on any atom is -0.358 e. The second kappa shape index (κ2) is 6.23. The second-order valence-corrected chi connectivity index (χ2v) is 5.72. The monoisotopic (exact) mass is 260 g/mol. The van der Waals surface area contributed by atoms with Crippen molar-refractivity contribution < 1.29 is 4.79 Å². The lowest BCUT2D eigenvalue weighted by Gasteiger charge is -2.20. The predicted molar refractivity (Wildman–Crippen MR) is 68.9 cm³/mol. The van der Waals surface area contributed by atoms with Crippen molar-refractivity contribution in [3.05, 3.63) is 21.3 Å². The Bertz CT molecular complexity index is 352. The van der Waals surface area contributed by atoms with E-state index in [1.54, 1.807) is 7.05 Å². The molecule has 0 aliphatic heterocycles. The van der Waals surface area contributed by atoms with Gasteiger partial charge in [0.05, 0.1) is 10.4 Å². The van der Waals surface area contributed by atoms with Gasteiger partial charge in [0.25, 0.3) is 0 Å². The molecule has 1 heterocycles. The van der Waals surface area contributed by atoms with Gasteiger partial charge in [-0.1, -0.05) is 25.4 Å². The molecule has 0 aromatic carbocycles. The van der Waals surface area contributed by atoms with Crippen molar-refractivity contribution in [3.8, 4) is 0 Å². The standard InChI is InChI=1S/C11H17ClN2OS/c1-7(2)10(11(15)13-3)14-6-8-4-5-9(12)16-8/h4-5,7,10,14H,6H2,1-3H3,(H,13,15). The third kappa shape index (κ3) is 3.77. The zero-order chi connectivity index (χ0) is 12.1. The maximum absolute atomic E-state index is 11.6. The largest absolute Gasteiger partial charge is 0.358 e. The first-order chi connectivity index (χ1) is 7.54. The lowest BCUT2D eigenvalue weighted by Crippen LogP contribution is -2.45. The molecule has 2 N–H and O–H groups in total. The maximum Gasteiger partial charge on any atom is 0.237 e. The molecule has 0 saturated heterocycles. The minimum absolute atomic E-state index is 0.0256. The van der Waals surface area contributed by atoms with Crippen LogP contribution in [0.4, 0.5) is 0 Å². The van der Waals surface area contributed by atoms with E-state index in [9.17, 15) is 4.79 Å². The zero-order valence-corrected chi connectivity index (χ0v) is 11.3. The second-order valence-electron chi connectivity index (χ2n) is 3.92. The molecule has 90 valence electrons. The highest BCUT2D eigenvalue weighted by Crippen LogP contribution is 2.21. The molecule has 0 saturated carbocycles. The Kier molecular flexibility index (Phi) is 5.25. The number of rotatable bonds is 5. The first-order valence-corrected chi connectivity index (χ1v) is 6.43. The van der Waals surface area contributed by atoms with Crippen LogP contribution in [0.25, 0.3) is 0 Å². The summed E-state index contributed by atoms with van der Waals surface area (Å²) in [7, 11) is 1.65. The molecule has 0 aliphatic carbocycles. The van der Waals surface area contributed by atoms with Gasteiger partial charge in [0.2, 0.25) is 5.91 Å². The van der Waals surface area contributed by atoms with Crippen molar-refractivity contribution in [1.29, 1.82) is 0 Å². The van der Waals surface area contributed by atoms with E-state index in [-0.39, 0.29) is 17.9 Å². The zero-order valence-electron chi connectivity index (χ0n) is 9.71. The van der Waals surface area contributed by atoms with Crippen LogP contribution in [-0.2, 0) is 11.3 Å². The van der Waals surface area contributed by atoms with Crippen molar-refractivity contribution in [2.75, 3.05) is 7.05 Å². The van der Waals surface area contributed by atoms with Gasteiger partial charge in [-0.05, 0) is 18.1 Å². The van der Waals surface area contributed by atoms with E-state index >= 15 is 0 Å². The quantitative estimate of drug-likeness (QED) is 0.853. The number of thiophene rings is 1. The summed E-state index contributed by atoms with van der Waals surface area (Å²) in [5.74, 6) is 0.285. The van der Waals surface area contributed by atoms with E-state index < -0.39 is 0 Å². The molecule has 1 unspecified atom stereocenters. The van der Waals surface area contributed by atoms with E-state index in [1.807, 2.05) is 26.0 Å². The molecule has 3 nitrogen and oxygen atoms in total. The molecule has 0 bridgehead atoms. The lowest BCUT2D eigenvalue weighted by molar-refractivity contribution is -0.123. The fourth-order valence-electron chi connectivity index (χ4n) is 1.44. The average molecular weight is 261 g/mol. The molecule has 0 radical (unpaired) electrons. The Labute approximate surface area is 105 Å². The summed E-state index contributed by atoms with van der Waals surface area (Å²) < 4.78 is 0.776. The van der Waals surface area contributed by atoms with Crippen molar-refractivity contribution in [3.63, 3.8) is 0 Å². The van der Waals surface area contributed by atoms with Gasteiger partial charge in [-0.2, -0.15) is 0 Å². The number of carbonyl (C=O) groups is 1. The Morgan fingerprint density at radius 3 is 2.62 bits per heavy atom. The molecule has 0 spiro atoms. The topological polar surface area (TPSA) is 41.1 Å². The number of amides is 1. The Morgan fingerprint density at radius 1 is 1.50 bits per heavy atom. The molecule has 1 aromatic rings. The molecule has 1 amide bonds. The number of halogens is 1. The Hall–Kier alpha value is -0.580. The van der Waals surface area contributed by atoms with Gasteiger partial charge in [-0.3, -0.25) is 4.79 Å². The summed E-state index contributed by atoms with van der Waals surface area (Å²) in [4.78, 5) is 12.7. The van der Waals surface area contributed by atoms with Crippen molar-refractivity contribution in [1.82, 2.24) is 10.6 Å². The van der Waals surface area contributed by atoms with Crippen molar-refractivity contribution in [2.45, 2.75) is 26.4 Å². The smallest absolute Gasteiger partial charge is 0.237 e. The molecule has 0 fully saturated rings. The van der Waals surface area contributed by atoms with Gasteiger partial charge in [-0.25, -0.2) is 0 Å². The van der Waals surface area contributed by atoms with Crippen LogP contribution in [-0.4, -0.2) is 19.0 Å². The van der Waals surface area contributed by atoms with Crippen LogP contribution in [0.3, 0.4) is 0 Å². The first-order valence-electron chi connectivity index (χ1n) is 5.23. The summed E-state index contributed by atoms with van der Waals surface area (Å²) in [5, 5.41) is 5.90. The van der Waals surface area contributed by atoms with Crippen LogP contribution in [0.1, 0.15) is 18.7 Å². The lowest BCUT2D eigenvalue weighted by atomic mass is 10.0. The van der Waals surface area contributed by atoms with E-state index in [0.717, 1.165) is 9.21 Å². The molecule has 16 heavy (non-hydrogen) atoms. The maximum atomic E-state index is 11.6. The molecular weight excluding hydrogens is 244 g/mol. The number of carbonyl (C=O) groups excluding carboxylic acids is 1. The highest BCUT2D eigenvalue weighted by Gasteiger charge is 2.20. The van der Waals surface area contributed by atoms with Gasteiger partial charge in [0.1, 0.15) is 0 Å². The molecule has 0 aliphatic rings. The van der Waals surface area contributed by atoms with Gasteiger partial charge in [0, 0.05) is 18.5 Å². The van der Waals surface area contributed by atoms with Crippen molar-refractivity contribution in [2.24, 2.45) is 5.92 Å². The van der Waals surface area contributed by atoms with Crippen LogP contribution in [0.15, 0.2) is 12.1 Å². The minimum atomic E-state index is -0.161. The fourth-order valence-corrected chi connectivity index (χ4v) is 2.48. The van der Waals surface area contributed by atoms with Crippen LogP contribution >= 0.6 is 22.9 Å². The SMILES string of the molecule is CNC(=O)C(NCc1ccc(Cl)s1)C(C)C. The Balaban J connectivity index is 2.53. The Morgan fingerprint density at radius 2 is 2.19 bits per heavy atom. The summed E-state index contributed by atoms with van der Waals surface area (Å²) in [6, 6.07) is 3.68. The van der Waals surface area contributed by atoms with Gasteiger partial charge in [0.15, 0.2) is 0 Å². The third-order valence-electron chi connectivity index (χ3n) is 2.32. The molecule has 1 rings (SSSR count). The number of nitrogens with one attached hydrogen (secondary N) is 2. The molecule has 1 atom stereocenters. The number of hydrogen-bond donors (Lipinski definition) is 2. The molecular formula is C11H17ClN2OS. The van der Waals surface area contributed by atoms with Crippen LogP contribution in [0.5, 0.6) is 0 Å². The van der Waals surface area contributed by atoms with E-state index in [4.69, 9.17) is 11.6 Å². The number of likely N-dealkylation sites (N-methyl/N-ethyl adjacent to an activating group) is 1. The summed E-state index contributed by atoms with van der Waals surface area (Å²) in [6.45, 7) is 4.72. The molecule has 1 aromatic heterocycles. The first kappa shape index (κ1) is 13.5. The van der Waals surface area contributed by atoms with Crippen LogP contribution in [0.2, 0.25) is 4.34 Å². The normalized spacial score (nSPS) is 12.8. The highest BCUT2D eigenvalue weighted by molar-refractivity contribution is 7.16. The average Bonchev–Trinajstić information content (AvgIpc) is 2.63. The van der Waals surface area contributed by atoms with E-state index in [1.165, 1.54) is 11.3 Å².